The van der Waals surface area contributed by atoms with Gasteiger partial charge in [-0.1, -0.05) is 0 Å². The van der Waals surface area contributed by atoms with Crippen molar-refractivity contribution in [2.45, 2.75) is 6.04 Å². The second-order valence-corrected chi connectivity index (χ2v) is 6.71. The van der Waals surface area contributed by atoms with E-state index in [2.05, 4.69) is 23.4 Å². The summed E-state index contributed by atoms with van der Waals surface area (Å²) in [4.78, 5) is 10.6. The Bertz CT molecular complexity index is 98.6. The van der Waals surface area contributed by atoms with E-state index in [4.69, 9.17) is 5.73 Å². The summed E-state index contributed by atoms with van der Waals surface area (Å²) in [7, 11) is 1.35. The van der Waals surface area contributed by atoms with Crippen molar-refractivity contribution in [1.29, 1.82) is 0 Å². The summed E-state index contributed by atoms with van der Waals surface area (Å²) >= 11 is 2.35. The van der Waals surface area contributed by atoms with Gasteiger partial charge in [0.2, 0.25) is 0 Å². The molecule has 0 spiro atoms. The summed E-state index contributed by atoms with van der Waals surface area (Å²) in [6.45, 7) is 0. The van der Waals surface area contributed by atoms with Crippen molar-refractivity contribution in [3.8, 4) is 0 Å². The number of carbonyl (C=O) groups is 1. The predicted octanol–water partition coefficient (Wildman–Crippen LogP) is -3.07. The second-order valence-electron chi connectivity index (χ2n) is 1.38. The van der Waals surface area contributed by atoms with Crippen LogP contribution in [0.5, 0.6) is 0 Å². The van der Waals surface area contributed by atoms with E-state index in [-0.39, 0.29) is 29.2 Å². The van der Waals surface area contributed by atoms with Crippen LogP contribution >= 0.6 is 18.6 Å². The molecule has 0 aromatic rings. The summed E-state index contributed by atoms with van der Waals surface area (Å²) in [6.07, 6.45) is 0. The monoisotopic (exact) mass is 356 g/mol. The van der Waals surface area contributed by atoms with Gasteiger partial charge in [-0.15, -0.1) is 0 Å². The van der Waals surface area contributed by atoms with Gasteiger partial charge in [0.25, 0.3) is 0 Å². The third kappa shape index (κ3) is 4.31. The van der Waals surface area contributed by atoms with Crippen LogP contribution in [0.25, 0.3) is 0 Å². The molecule has 9 heavy (non-hydrogen) atoms. The fourth-order valence-electron chi connectivity index (χ4n) is 0.277. The topological polar surface area (TPSA) is 52.3 Å². The van der Waals surface area contributed by atoms with Crippen molar-refractivity contribution in [1.82, 2.24) is 0 Å². The average Bonchev–Trinajstić information content (AvgIpc) is 1.87. The van der Waals surface area contributed by atoms with Crippen LogP contribution in [0.3, 0.4) is 0 Å². The number of ether oxygens (including phenoxy) is 1. The number of carbonyl (C=O) groups excluding carboxylic acids is 1. The zero-order valence-corrected chi connectivity index (χ0v) is 9.25. The molecule has 1 atom stereocenters. The van der Waals surface area contributed by atoms with Gasteiger partial charge in [0, 0.05) is 0 Å². The van der Waals surface area contributed by atoms with Crippen molar-refractivity contribution in [3.63, 3.8) is 0 Å². The van der Waals surface area contributed by atoms with Crippen molar-refractivity contribution in [3.05, 3.63) is 0 Å². The van der Waals surface area contributed by atoms with Crippen LogP contribution in [-0.4, -0.2) is 23.5 Å². The van der Waals surface area contributed by atoms with Gasteiger partial charge in [-0.3, -0.25) is 0 Å². The van der Waals surface area contributed by atoms with Crippen LogP contribution < -0.4 is 23.0 Å². The normalized spacial score (nSPS) is 13.2. The number of hydrogen-bond acceptors (Lipinski definition) is 3. The van der Waals surface area contributed by atoms with Crippen molar-refractivity contribution in [2.75, 3.05) is 11.5 Å². The summed E-state index contributed by atoms with van der Waals surface area (Å²) in [5.41, 5.74) is 5.39. The zero-order valence-electron chi connectivity index (χ0n) is 4.93. The molecule has 0 aliphatic heterocycles. The number of nitrogens with two attached hydrogens (primary N) is 1. The van der Waals surface area contributed by atoms with Gasteiger partial charge in [0.1, 0.15) is 0 Å². The van der Waals surface area contributed by atoms with Gasteiger partial charge in [-0.25, -0.2) is 0 Å². The fraction of sp³-hybridized carbons (Fsp3) is 0.750. The van der Waals surface area contributed by atoms with E-state index in [0.29, 0.717) is 0 Å². The van der Waals surface area contributed by atoms with Gasteiger partial charge in [-0.05, 0) is 0 Å². The molecule has 0 saturated carbocycles. The number of halogens is 2. The molecule has 0 aliphatic rings. The first-order chi connectivity index (χ1) is 4.22. The van der Waals surface area contributed by atoms with Gasteiger partial charge >= 0.3 is 74.7 Å². The first kappa shape index (κ1) is 9.89. The van der Waals surface area contributed by atoms with Crippen LogP contribution in [0.4, 0.5) is 0 Å². The maximum absolute atomic E-state index is 10.6. The standard InChI is InChI=1S/C4H8I2NO2/c1-9-4(8)3(7)2-6-5/h3H,2,7H2,1H3/q-1/t3-/m0/s1. The van der Waals surface area contributed by atoms with E-state index in [1.165, 1.54) is 7.11 Å². The van der Waals surface area contributed by atoms with E-state index in [9.17, 15) is 4.79 Å². The summed E-state index contributed by atoms with van der Waals surface area (Å²) in [5, 5.41) is 0. The Morgan fingerprint density at radius 3 is 2.89 bits per heavy atom. The van der Waals surface area contributed by atoms with Crippen molar-refractivity contribution < 1.29 is 26.8 Å². The van der Waals surface area contributed by atoms with Crippen LogP contribution in [-0.2, 0) is 9.53 Å². The van der Waals surface area contributed by atoms with Crippen molar-refractivity contribution in [2.24, 2.45) is 5.73 Å². The second kappa shape index (κ2) is 5.66. The first-order valence-corrected chi connectivity index (χ1v) is 10.1. The molecule has 0 heterocycles. The fourth-order valence-corrected chi connectivity index (χ4v) is 3.40. The SMILES string of the molecule is COC(=O)[C@@H](N)C[I-]I. The van der Waals surface area contributed by atoms with Gasteiger partial charge in [-0.2, -0.15) is 0 Å². The molecule has 0 amide bonds. The Labute approximate surface area is 74.1 Å². The first-order valence-electron chi connectivity index (χ1n) is 2.26. The van der Waals surface area contributed by atoms with E-state index >= 15 is 0 Å². The molecule has 3 nitrogen and oxygen atoms in total. The molecule has 2 N–H and O–H groups in total. The number of hydrogen-bond donors (Lipinski definition) is 1. The molecule has 56 valence electrons. The van der Waals surface area contributed by atoms with Gasteiger partial charge < -0.3 is 0 Å². The quantitative estimate of drug-likeness (QED) is 0.332. The minimum absolute atomic E-state index is 0.0717. The summed E-state index contributed by atoms with van der Waals surface area (Å²) in [5.74, 6) is -0.300. The van der Waals surface area contributed by atoms with Crippen LogP contribution in [0.15, 0.2) is 0 Å². The molecular weight excluding hydrogens is 348 g/mol. The number of methoxy groups -OCH3 is 1. The molecule has 0 unspecified atom stereocenters. The third-order valence-electron chi connectivity index (χ3n) is 0.728. The molecule has 0 rings (SSSR count). The summed E-state index contributed by atoms with van der Waals surface area (Å²) < 4.78 is 5.21. The maximum atomic E-state index is 10.6. The molecule has 5 heteroatoms. The molecule has 0 aliphatic carbocycles. The molecule has 0 bridgehead atoms. The Kier molecular flexibility index (Phi) is 6.22. The Morgan fingerprint density at radius 2 is 2.56 bits per heavy atom. The zero-order chi connectivity index (χ0) is 7.28. The minimum atomic E-state index is -0.389. The molecule has 0 aromatic carbocycles. The van der Waals surface area contributed by atoms with Gasteiger partial charge in [0.05, 0.1) is 0 Å². The van der Waals surface area contributed by atoms with E-state index < -0.39 is 0 Å². The third-order valence-corrected chi connectivity index (χ3v) is 4.24. The van der Waals surface area contributed by atoms with Crippen LogP contribution in [0.2, 0.25) is 0 Å². The van der Waals surface area contributed by atoms with E-state index in [1.807, 2.05) is 0 Å². The number of rotatable bonds is 3. The average molecular weight is 356 g/mol. The Balaban J connectivity index is 3.45. The van der Waals surface area contributed by atoms with E-state index in [1.54, 1.807) is 0 Å². The van der Waals surface area contributed by atoms with Crippen molar-refractivity contribution >= 4 is 24.6 Å². The molecule has 0 radical (unpaired) electrons. The Hall–Kier alpha value is 0.890. The van der Waals surface area contributed by atoms with Crippen LogP contribution in [0, 0.1) is 0 Å². The van der Waals surface area contributed by atoms with Gasteiger partial charge in [0.15, 0.2) is 0 Å². The summed E-state index contributed by atoms with van der Waals surface area (Å²) in [6, 6.07) is -0.389. The van der Waals surface area contributed by atoms with E-state index in [0.717, 1.165) is 4.43 Å². The predicted molar refractivity (Wildman–Crippen MR) is 38.9 cm³/mol. The number of alkyl halides is 1. The molecular formula is C4H8I2NO2-. The Morgan fingerprint density at radius 1 is 2.00 bits per heavy atom. The molecule has 0 fully saturated rings. The number of esters is 1. The molecule has 0 aromatic heterocycles. The van der Waals surface area contributed by atoms with Crippen LogP contribution in [0.1, 0.15) is 0 Å². The molecule has 0 saturated heterocycles.